The Morgan fingerprint density at radius 2 is 2.12 bits per heavy atom. The van der Waals surface area contributed by atoms with Crippen molar-refractivity contribution in [1.82, 2.24) is 5.32 Å². The van der Waals surface area contributed by atoms with Gasteiger partial charge in [0.25, 0.3) is 0 Å². The van der Waals surface area contributed by atoms with Gasteiger partial charge in [-0.2, -0.15) is 0 Å². The van der Waals surface area contributed by atoms with Crippen LogP contribution >= 0.6 is 23.2 Å². The van der Waals surface area contributed by atoms with Crippen molar-refractivity contribution in [2.45, 2.75) is 20.3 Å². The summed E-state index contributed by atoms with van der Waals surface area (Å²) in [4.78, 5) is 0. The van der Waals surface area contributed by atoms with Gasteiger partial charge in [0.2, 0.25) is 0 Å². The molecule has 2 nitrogen and oxygen atoms in total. The van der Waals surface area contributed by atoms with Crippen LogP contribution in [0.15, 0.2) is 6.07 Å². The summed E-state index contributed by atoms with van der Waals surface area (Å²) in [5, 5.41) is 4.68. The number of rotatable bonds is 3. The highest BCUT2D eigenvalue weighted by molar-refractivity contribution is 6.37. The zero-order chi connectivity index (χ0) is 12.4. The van der Waals surface area contributed by atoms with E-state index in [4.69, 9.17) is 27.9 Å². The van der Waals surface area contributed by atoms with Gasteiger partial charge in [0, 0.05) is 17.5 Å². The Morgan fingerprint density at radius 3 is 2.76 bits per heavy atom. The third kappa shape index (κ3) is 2.87. The molecule has 0 spiro atoms. The highest BCUT2D eigenvalue weighted by Crippen LogP contribution is 2.35. The van der Waals surface area contributed by atoms with Gasteiger partial charge in [-0.1, -0.05) is 23.2 Å². The third-order valence-corrected chi connectivity index (χ3v) is 4.26. The van der Waals surface area contributed by atoms with Gasteiger partial charge in [-0.15, -0.1) is 0 Å². The fraction of sp³-hybridized carbons (Fsp3) is 0.538. The lowest BCUT2D eigenvalue weighted by atomic mass is 10.1. The van der Waals surface area contributed by atoms with Crippen LogP contribution in [0.4, 0.5) is 0 Å². The van der Waals surface area contributed by atoms with E-state index in [1.165, 1.54) is 6.42 Å². The lowest BCUT2D eigenvalue weighted by Crippen LogP contribution is -2.15. The maximum absolute atomic E-state index is 6.23. The number of hydrogen-bond acceptors (Lipinski definition) is 2. The summed E-state index contributed by atoms with van der Waals surface area (Å²) < 4.78 is 5.81. The van der Waals surface area contributed by atoms with E-state index in [2.05, 4.69) is 5.32 Å². The lowest BCUT2D eigenvalue weighted by Gasteiger charge is -2.15. The second-order valence-corrected chi connectivity index (χ2v) is 5.37. The predicted octanol–water partition coefficient (Wildman–Crippen LogP) is 3.60. The van der Waals surface area contributed by atoms with E-state index < -0.39 is 0 Å². The molecule has 1 aromatic carbocycles. The van der Waals surface area contributed by atoms with Crippen LogP contribution in [0.3, 0.4) is 0 Å². The molecule has 1 saturated heterocycles. The highest BCUT2D eigenvalue weighted by Gasteiger charge is 2.17. The first-order valence-electron chi connectivity index (χ1n) is 5.88. The van der Waals surface area contributed by atoms with Crippen molar-refractivity contribution in [3.8, 4) is 5.75 Å². The number of hydrogen-bond donors (Lipinski definition) is 1. The molecule has 1 fully saturated rings. The Morgan fingerprint density at radius 1 is 1.35 bits per heavy atom. The molecule has 0 saturated carbocycles. The molecular weight excluding hydrogens is 257 g/mol. The van der Waals surface area contributed by atoms with Crippen LogP contribution in [0.1, 0.15) is 17.5 Å². The van der Waals surface area contributed by atoms with Gasteiger partial charge in [0.05, 0.1) is 11.6 Å². The largest absolute Gasteiger partial charge is 0.492 e. The van der Waals surface area contributed by atoms with Gasteiger partial charge in [-0.25, -0.2) is 0 Å². The number of aryl methyl sites for hydroxylation is 1. The van der Waals surface area contributed by atoms with E-state index in [1.807, 2.05) is 19.9 Å². The predicted molar refractivity (Wildman–Crippen MR) is 72.4 cm³/mol. The van der Waals surface area contributed by atoms with Crippen molar-refractivity contribution in [2.24, 2.45) is 5.92 Å². The molecule has 4 heteroatoms. The summed E-state index contributed by atoms with van der Waals surface area (Å²) in [6.45, 7) is 6.72. The number of ether oxygens (including phenoxy) is 1. The SMILES string of the molecule is Cc1cc(OC[C@H]2CCNC2)c(Cl)c(C)c1Cl. The smallest absolute Gasteiger partial charge is 0.138 e. The van der Waals surface area contributed by atoms with Crippen LogP contribution in [-0.2, 0) is 0 Å². The molecular formula is C13H17Cl2NO. The minimum absolute atomic E-state index is 0.586. The van der Waals surface area contributed by atoms with Crippen molar-refractivity contribution in [3.63, 3.8) is 0 Å². The summed E-state index contributed by atoms with van der Waals surface area (Å²) in [6.07, 6.45) is 1.17. The van der Waals surface area contributed by atoms with Gasteiger partial charge in [-0.05, 0) is 44.0 Å². The second-order valence-electron chi connectivity index (χ2n) is 4.61. The molecule has 0 amide bonds. The van der Waals surface area contributed by atoms with Gasteiger partial charge in [0.15, 0.2) is 0 Å². The van der Waals surface area contributed by atoms with E-state index in [9.17, 15) is 0 Å². The standard InChI is InChI=1S/C13H17Cl2NO/c1-8-5-11(13(15)9(2)12(8)14)17-7-10-3-4-16-6-10/h5,10,16H,3-4,6-7H2,1-2H3/t10-/m0/s1. The molecule has 1 aliphatic heterocycles. The number of benzene rings is 1. The molecule has 94 valence electrons. The van der Waals surface area contributed by atoms with E-state index in [-0.39, 0.29) is 0 Å². The molecule has 0 bridgehead atoms. The highest BCUT2D eigenvalue weighted by atomic mass is 35.5. The van der Waals surface area contributed by atoms with E-state index in [0.29, 0.717) is 17.5 Å². The van der Waals surface area contributed by atoms with Crippen LogP contribution in [0, 0.1) is 19.8 Å². The molecule has 17 heavy (non-hydrogen) atoms. The van der Waals surface area contributed by atoms with Gasteiger partial charge < -0.3 is 10.1 Å². The number of halogens is 2. The first kappa shape index (κ1) is 13.0. The van der Waals surface area contributed by atoms with Crippen molar-refractivity contribution in [1.29, 1.82) is 0 Å². The topological polar surface area (TPSA) is 21.3 Å². The minimum Gasteiger partial charge on any atom is -0.492 e. The van der Waals surface area contributed by atoms with Crippen molar-refractivity contribution in [2.75, 3.05) is 19.7 Å². The Kier molecular flexibility index (Phi) is 4.18. The van der Waals surface area contributed by atoms with Crippen LogP contribution in [-0.4, -0.2) is 19.7 Å². The van der Waals surface area contributed by atoms with E-state index in [0.717, 1.165) is 35.0 Å². The van der Waals surface area contributed by atoms with Gasteiger partial charge in [-0.3, -0.25) is 0 Å². The zero-order valence-corrected chi connectivity index (χ0v) is 11.7. The molecule has 1 aliphatic rings. The van der Waals surface area contributed by atoms with Crippen molar-refractivity contribution < 1.29 is 4.74 Å². The molecule has 0 aliphatic carbocycles. The first-order valence-corrected chi connectivity index (χ1v) is 6.64. The first-order chi connectivity index (χ1) is 8.09. The molecule has 1 heterocycles. The van der Waals surface area contributed by atoms with Gasteiger partial charge >= 0.3 is 0 Å². The fourth-order valence-electron chi connectivity index (χ4n) is 2.07. The Bertz CT molecular complexity index is 414. The fourth-order valence-corrected chi connectivity index (χ4v) is 2.47. The summed E-state index contributed by atoms with van der Waals surface area (Å²) in [6, 6.07) is 1.92. The molecule has 1 N–H and O–H groups in total. The molecule has 0 radical (unpaired) electrons. The van der Waals surface area contributed by atoms with Crippen molar-refractivity contribution in [3.05, 3.63) is 27.2 Å². The summed E-state index contributed by atoms with van der Waals surface area (Å²) in [7, 11) is 0. The van der Waals surface area contributed by atoms with Crippen LogP contribution < -0.4 is 10.1 Å². The average molecular weight is 274 g/mol. The molecule has 0 aromatic heterocycles. The van der Waals surface area contributed by atoms with Crippen LogP contribution in [0.2, 0.25) is 10.0 Å². The summed E-state index contributed by atoms with van der Waals surface area (Å²) in [5.74, 6) is 1.33. The normalized spacial score (nSPS) is 19.6. The maximum Gasteiger partial charge on any atom is 0.138 e. The third-order valence-electron chi connectivity index (χ3n) is 3.21. The maximum atomic E-state index is 6.23. The Labute approximate surface area is 112 Å². The van der Waals surface area contributed by atoms with Crippen LogP contribution in [0.5, 0.6) is 5.75 Å². The lowest BCUT2D eigenvalue weighted by molar-refractivity contribution is 0.260. The van der Waals surface area contributed by atoms with Crippen molar-refractivity contribution >= 4 is 23.2 Å². The second kappa shape index (κ2) is 5.47. The van der Waals surface area contributed by atoms with Gasteiger partial charge in [0.1, 0.15) is 5.75 Å². The Hall–Kier alpha value is -0.440. The summed E-state index contributed by atoms with van der Waals surface area (Å²) in [5.41, 5.74) is 1.90. The Balaban J connectivity index is 2.10. The quantitative estimate of drug-likeness (QED) is 0.909. The molecule has 2 rings (SSSR count). The molecule has 0 unspecified atom stereocenters. The zero-order valence-electron chi connectivity index (χ0n) is 10.1. The molecule has 1 aromatic rings. The van der Waals surface area contributed by atoms with E-state index in [1.54, 1.807) is 0 Å². The minimum atomic E-state index is 0.586. The summed E-state index contributed by atoms with van der Waals surface area (Å²) >= 11 is 12.4. The van der Waals surface area contributed by atoms with E-state index >= 15 is 0 Å². The average Bonchev–Trinajstić information content (AvgIpc) is 2.82. The van der Waals surface area contributed by atoms with Crippen LogP contribution in [0.25, 0.3) is 0 Å². The molecule has 1 atom stereocenters. The monoisotopic (exact) mass is 273 g/mol. The number of nitrogens with one attached hydrogen (secondary N) is 1.